The van der Waals surface area contributed by atoms with Crippen molar-refractivity contribution in [3.05, 3.63) is 35.6 Å². The van der Waals surface area contributed by atoms with Gasteiger partial charge in [0.2, 0.25) is 0 Å². The molecule has 1 aliphatic heterocycles. The molecule has 1 N–H and O–H groups in total. The van der Waals surface area contributed by atoms with Crippen molar-refractivity contribution < 1.29 is 9.13 Å². The summed E-state index contributed by atoms with van der Waals surface area (Å²) in [5, 5.41) is 3.47. The zero-order chi connectivity index (χ0) is 11.5. The fourth-order valence-electron chi connectivity index (χ4n) is 2.29. The molecule has 0 spiro atoms. The minimum Gasteiger partial charge on any atom is -0.381 e. The lowest BCUT2D eigenvalue weighted by atomic mass is 9.89. The van der Waals surface area contributed by atoms with Crippen molar-refractivity contribution in [3.8, 4) is 0 Å². The molecule has 2 nitrogen and oxygen atoms in total. The summed E-state index contributed by atoms with van der Waals surface area (Å²) in [5.41, 5.74) is 1.13. The summed E-state index contributed by atoms with van der Waals surface area (Å²) in [4.78, 5) is 0. The summed E-state index contributed by atoms with van der Waals surface area (Å²) in [5.74, 6) is 0.345. The Morgan fingerprint density at radius 1 is 1.31 bits per heavy atom. The zero-order valence-corrected chi connectivity index (χ0v) is 9.74. The molecule has 1 aromatic rings. The monoisotopic (exact) mass is 223 g/mol. The van der Waals surface area contributed by atoms with Crippen LogP contribution in [-0.4, -0.2) is 19.8 Å². The highest BCUT2D eigenvalue weighted by Gasteiger charge is 2.27. The van der Waals surface area contributed by atoms with E-state index >= 15 is 0 Å². The lowest BCUT2D eigenvalue weighted by Crippen LogP contribution is -2.41. The first-order valence-electron chi connectivity index (χ1n) is 5.72. The van der Waals surface area contributed by atoms with Crippen molar-refractivity contribution in [2.75, 3.05) is 13.7 Å². The van der Waals surface area contributed by atoms with Crippen molar-refractivity contribution in [2.45, 2.75) is 25.5 Å². The average molecular weight is 223 g/mol. The first-order chi connectivity index (χ1) is 7.70. The van der Waals surface area contributed by atoms with Crippen LogP contribution in [0, 0.1) is 11.7 Å². The van der Waals surface area contributed by atoms with E-state index in [1.807, 2.05) is 12.1 Å². The zero-order valence-electron chi connectivity index (χ0n) is 9.74. The summed E-state index contributed by atoms with van der Waals surface area (Å²) in [6, 6.07) is 6.99. The predicted molar refractivity (Wildman–Crippen MR) is 61.7 cm³/mol. The quantitative estimate of drug-likeness (QED) is 0.831. The first kappa shape index (κ1) is 11.6. The molecule has 0 bridgehead atoms. The fraction of sp³-hybridized carbons (Fsp3) is 0.538. The van der Waals surface area contributed by atoms with E-state index in [-0.39, 0.29) is 18.0 Å². The van der Waals surface area contributed by atoms with Crippen LogP contribution in [0.1, 0.15) is 24.9 Å². The van der Waals surface area contributed by atoms with Gasteiger partial charge in [0.15, 0.2) is 0 Å². The standard InChI is InChI=1S/C13H18FNO/c1-9-8-15-12(7-13(9)16-2)10-3-5-11(14)6-4-10/h3-6,9,12-13,15H,7-8H2,1-2H3. The van der Waals surface area contributed by atoms with Crippen LogP contribution in [0.5, 0.6) is 0 Å². The van der Waals surface area contributed by atoms with Crippen molar-refractivity contribution in [3.63, 3.8) is 0 Å². The van der Waals surface area contributed by atoms with Crippen molar-refractivity contribution >= 4 is 0 Å². The highest BCUT2D eigenvalue weighted by Crippen LogP contribution is 2.27. The molecule has 1 saturated heterocycles. The molecular weight excluding hydrogens is 205 g/mol. The molecule has 1 aliphatic rings. The van der Waals surface area contributed by atoms with Crippen molar-refractivity contribution in [1.82, 2.24) is 5.32 Å². The summed E-state index contributed by atoms with van der Waals surface area (Å²) < 4.78 is 18.3. The van der Waals surface area contributed by atoms with E-state index < -0.39 is 0 Å². The van der Waals surface area contributed by atoms with E-state index in [0.29, 0.717) is 5.92 Å². The molecule has 0 aromatic heterocycles. The van der Waals surface area contributed by atoms with Gasteiger partial charge in [0.25, 0.3) is 0 Å². The smallest absolute Gasteiger partial charge is 0.123 e. The first-order valence-corrected chi connectivity index (χ1v) is 5.72. The number of methoxy groups -OCH3 is 1. The summed E-state index contributed by atoms with van der Waals surface area (Å²) in [7, 11) is 1.76. The molecular formula is C13H18FNO. The van der Waals surface area contributed by atoms with Crippen LogP contribution in [0.15, 0.2) is 24.3 Å². The Morgan fingerprint density at radius 3 is 2.62 bits per heavy atom. The second-order valence-electron chi connectivity index (χ2n) is 4.50. The van der Waals surface area contributed by atoms with Crippen LogP contribution < -0.4 is 5.32 Å². The Morgan fingerprint density at radius 2 is 2.00 bits per heavy atom. The Labute approximate surface area is 95.8 Å². The largest absolute Gasteiger partial charge is 0.381 e. The normalized spacial score (nSPS) is 30.3. The fourth-order valence-corrected chi connectivity index (χ4v) is 2.29. The van der Waals surface area contributed by atoms with Gasteiger partial charge in [-0.1, -0.05) is 19.1 Å². The number of hydrogen-bond acceptors (Lipinski definition) is 2. The Kier molecular flexibility index (Phi) is 3.56. The maximum absolute atomic E-state index is 12.8. The van der Waals surface area contributed by atoms with Crippen LogP contribution in [0.25, 0.3) is 0 Å². The van der Waals surface area contributed by atoms with Crippen LogP contribution >= 0.6 is 0 Å². The minimum atomic E-state index is -0.184. The maximum atomic E-state index is 12.8. The number of hydrogen-bond donors (Lipinski definition) is 1. The Hall–Kier alpha value is -0.930. The molecule has 1 aromatic carbocycles. The number of benzene rings is 1. The molecule has 3 heteroatoms. The molecule has 88 valence electrons. The summed E-state index contributed by atoms with van der Waals surface area (Å²) in [6.07, 6.45) is 1.24. The molecule has 0 aliphatic carbocycles. The molecule has 16 heavy (non-hydrogen) atoms. The van der Waals surface area contributed by atoms with Gasteiger partial charge >= 0.3 is 0 Å². The van der Waals surface area contributed by atoms with Gasteiger partial charge in [-0.25, -0.2) is 4.39 Å². The van der Waals surface area contributed by atoms with Crippen LogP contribution in [-0.2, 0) is 4.74 Å². The number of ether oxygens (including phenoxy) is 1. The van der Waals surface area contributed by atoms with Gasteiger partial charge in [-0.3, -0.25) is 0 Å². The molecule has 0 radical (unpaired) electrons. The lowest BCUT2D eigenvalue weighted by Gasteiger charge is -2.34. The third-order valence-corrected chi connectivity index (χ3v) is 3.36. The van der Waals surface area contributed by atoms with Gasteiger partial charge in [-0.2, -0.15) is 0 Å². The van der Waals surface area contributed by atoms with Gasteiger partial charge < -0.3 is 10.1 Å². The maximum Gasteiger partial charge on any atom is 0.123 e. The van der Waals surface area contributed by atoms with E-state index in [1.165, 1.54) is 12.1 Å². The molecule has 3 atom stereocenters. The Balaban J connectivity index is 2.08. The van der Waals surface area contributed by atoms with Crippen LogP contribution in [0.2, 0.25) is 0 Å². The second-order valence-corrected chi connectivity index (χ2v) is 4.50. The summed E-state index contributed by atoms with van der Waals surface area (Å²) >= 11 is 0. The summed E-state index contributed by atoms with van der Waals surface area (Å²) in [6.45, 7) is 3.13. The number of halogens is 1. The van der Waals surface area contributed by atoms with Crippen molar-refractivity contribution in [1.29, 1.82) is 0 Å². The molecule has 0 amide bonds. The van der Waals surface area contributed by atoms with Gasteiger partial charge in [-0.15, -0.1) is 0 Å². The minimum absolute atomic E-state index is 0.184. The van der Waals surface area contributed by atoms with E-state index in [0.717, 1.165) is 18.5 Å². The third-order valence-electron chi connectivity index (χ3n) is 3.36. The second kappa shape index (κ2) is 4.93. The Bertz CT molecular complexity index is 338. The van der Waals surface area contributed by atoms with Crippen LogP contribution in [0.3, 0.4) is 0 Å². The average Bonchev–Trinajstić information content (AvgIpc) is 2.31. The SMILES string of the molecule is COC1CC(c2ccc(F)cc2)NCC1C. The van der Waals surface area contributed by atoms with Gasteiger partial charge in [0.05, 0.1) is 6.10 Å². The van der Waals surface area contributed by atoms with E-state index in [4.69, 9.17) is 4.74 Å². The number of rotatable bonds is 2. The van der Waals surface area contributed by atoms with Crippen LogP contribution in [0.4, 0.5) is 4.39 Å². The van der Waals surface area contributed by atoms with Crippen molar-refractivity contribution in [2.24, 2.45) is 5.92 Å². The van der Waals surface area contributed by atoms with E-state index in [2.05, 4.69) is 12.2 Å². The molecule has 0 saturated carbocycles. The third kappa shape index (κ3) is 2.42. The molecule has 1 heterocycles. The molecule has 2 rings (SSSR count). The predicted octanol–water partition coefficient (Wildman–Crippen LogP) is 2.51. The molecule has 1 fully saturated rings. The topological polar surface area (TPSA) is 21.3 Å². The number of nitrogens with one attached hydrogen (secondary N) is 1. The molecule has 3 unspecified atom stereocenters. The highest BCUT2D eigenvalue weighted by molar-refractivity contribution is 5.20. The highest BCUT2D eigenvalue weighted by atomic mass is 19.1. The van der Waals surface area contributed by atoms with E-state index in [1.54, 1.807) is 7.11 Å². The lowest BCUT2D eigenvalue weighted by molar-refractivity contribution is 0.0236. The number of piperidine rings is 1. The van der Waals surface area contributed by atoms with Gasteiger partial charge in [0, 0.05) is 19.7 Å². The van der Waals surface area contributed by atoms with Gasteiger partial charge in [0.1, 0.15) is 5.82 Å². The van der Waals surface area contributed by atoms with E-state index in [9.17, 15) is 4.39 Å². The van der Waals surface area contributed by atoms with Gasteiger partial charge in [-0.05, 0) is 30.0 Å².